The fourth-order valence-corrected chi connectivity index (χ4v) is 3.73. The van der Waals surface area contributed by atoms with Gasteiger partial charge in [0.25, 0.3) is 0 Å². The SMILES string of the molecule is Cc1ccccc1-c1nc(-c2cc(C)n(CC(F)(F)F)c2C)cs1. The second-order valence-electron chi connectivity index (χ2n) is 5.84. The molecule has 0 aliphatic heterocycles. The minimum Gasteiger partial charge on any atom is -0.339 e. The molecular formula is C18H17F3N2S. The van der Waals surface area contributed by atoms with E-state index in [1.807, 2.05) is 36.6 Å². The van der Waals surface area contributed by atoms with Crippen LogP contribution >= 0.6 is 11.3 Å². The third kappa shape index (κ3) is 3.24. The number of halogens is 3. The van der Waals surface area contributed by atoms with Crippen molar-refractivity contribution in [2.45, 2.75) is 33.5 Å². The lowest BCUT2D eigenvalue weighted by Crippen LogP contribution is -2.19. The van der Waals surface area contributed by atoms with Crippen molar-refractivity contribution in [1.29, 1.82) is 0 Å². The van der Waals surface area contributed by atoms with E-state index < -0.39 is 12.7 Å². The number of nitrogens with zero attached hydrogens (tertiary/aromatic N) is 2. The van der Waals surface area contributed by atoms with E-state index in [2.05, 4.69) is 4.98 Å². The van der Waals surface area contributed by atoms with Gasteiger partial charge in [-0.2, -0.15) is 13.2 Å². The number of alkyl halides is 3. The molecule has 24 heavy (non-hydrogen) atoms. The van der Waals surface area contributed by atoms with Gasteiger partial charge in [0.15, 0.2) is 0 Å². The van der Waals surface area contributed by atoms with Gasteiger partial charge in [0.1, 0.15) is 11.6 Å². The summed E-state index contributed by atoms with van der Waals surface area (Å²) in [4.78, 5) is 4.65. The molecule has 3 rings (SSSR count). The summed E-state index contributed by atoms with van der Waals surface area (Å²) in [5.41, 5.74) is 4.84. The molecule has 0 atom stereocenters. The van der Waals surface area contributed by atoms with Crippen molar-refractivity contribution in [3.63, 3.8) is 0 Å². The summed E-state index contributed by atoms with van der Waals surface area (Å²) in [5.74, 6) is 0. The van der Waals surface area contributed by atoms with Crippen molar-refractivity contribution in [3.8, 4) is 21.8 Å². The van der Waals surface area contributed by atoms with Crippen LogP contribution in [-0.4, -0.2) is 15.7 Å². The minimum atomic E-state index is -4.24. The van der Waals surface area contributed by atoms with Gasteiger partial charge in [-0.3, -0.25) is 0 Å². The molecule has 0 radical (unpaired) electrons. The number of benzene rings is 1. The third-order valence-electron chi connectivity index (χ3n) is 4.07. The van der Waals surface area contributed by atoms with Crippen LogP contribution in [0.4, 0.5) is 13.2 Å². The Bertz CT molecular complexity index is 875. The molecule has 0 unspecified atom stereocenters. The van der Waals surface area contributed by atoms with Gasteiger partial charge in [-0.15, -0.1) is 11.3 Å². The first-order valence-electron chi connectivity index (χ1n) is 7.51. The monoisotopic (exact) mass is 350 g/mol. The fraction of sp³-hybridized carbons (Fsp3) is 0.278. The molecule has 0 fully saturated rings. The van der Waals surface area contributed by atoms with E-state index >= 15 is 0 Å². The van der Waals surface area contributed by atoms with E-state index in [0.29, 0.717) is 11.4 Å². The average Bonchev–Trinajstić information content (AvgIpc) is 3.07. The van der Waals surface area contributed by atoms with Crippen molar-refractivity contribution >= 4 is 11.3 Å². The lowest BCUT2D eigenvalue weighted by molar-refractivity contribution is -0.141. The maximum atomic E-state index is 12.7. The van der Waals surface area contributed by atoms with Gasteiger partial charge in [-0.05, 0) is 32.4 Å². The molecule has 2 aromatic heterocycles. The molecule has 0 saturated carbocycles. The molecule has 0 saturated heterocycles. The van der Waals surface area contributed by atoms with Crippen LogP contribution in [0, 0.1) is 20.8 Å². The second-order valence-corrected chi connectivity index (χ2v) is 6.70. The number of thiazole rings is 1. The summed E-state index contributed by atoms with van der Waals surface area (Å²) in [6, 6.07) is 9.73. The standard InChI is InChI=1S/C18H17F3N2S/c1-11-6-4-5-7-14(11)17-22-16(9-24-17)15-8-12(2)23(13(15)3)10-18(19,20)21/h4-9H,10H2,1-3H3. The Morgan fingerprint density at radius 2 is 1.79 bits per heavy atom. The minimum absolute atomic E-state index is 0.588. The van der Waals surface area contributed by atoms with Gasteiger partial charge < -0.3 is 4.57 Å². The summed E-state index contributed by atoms with van der Waals surface area (Å²) in [5, 5.41) is 2.78. The maximum absolute atomic E-state index is 12.7. The Kier molecular flexibility index (Phi) is 4.25. The topological polar surface area (TPSA) is 17.8 Å². The summed E-state index contributed by atoms with van der Waals surface area (Å²) in [7, 11) is 0. The van der Waals surface area contributed by atoms with Crippen molar-refractivity contribution in [2.75, 3.05) is 0 Å². The van der Waals surface area contributed by atoms with Crippen LogP contribution in [0.1, 0.15) is 17.0 Å². The highest BCUT2D eigenvalue weighted by Gasteiger charge is 2.30. The molecule has 126 valence electrons. The number of aromatic nitrogens is 2. The normalized spacial score (nSPS) is 11.9. The van der Waals surface area contributed by atoms with E-state index in [1.165, 1.54) is 15.9 Å². The number of rotatable bonds is 3. The van der Waals surface area contributed by atoms with Gasteiger partial charge in [0, 0.05) is 27.9 Å². The smallest absolute Gasteiger partial charge is 0.339 e. The van der Waals surface area contributed by atoms with Crippen LogP contribution in [0.2, 0.25) is 0 Å². The van der Waals surface area contributed by atoms with Gasteiger partial charge in [0.2, 0.25) is 0 Å². The van der Waals surface area contributed by atoms with E-state index in [1.54, 1.807) is 19.9 Å². The Hall–Kier alpha value is -2.08. The molecule has 3 aromatic rings. The Labute approximate surface area is 142 Å². The van der Waals surface area contributed by atoms with Crippen LogP contribution in [-0.2, 0) is 6.54 Å². The van der Waals surface area contributed by atoms with Crippen molar-refractivity contribution in [3.05, 3.63) is 52.7 Å². The molecular weight excluding hydrogens is 333 g/mol. The highest BCUT2D eigenvalue weighted by Crippen LogP contribution is 2.34. The second kappa shape index (κ2) is 6.09. The lowest BCUT2D eigenvalue weighted by Gasteiger charge is -2.12. The quantitative estimate of drug-likeness (QED) is 0.587. The van der Waals surface area contributed by atoms with Crippen LogP contribution in [0.3, 0.4) is 0 Å². The van der Waals surface area contributed by atoms with Crippen molar-refractivity contribution < 1.29 is 13.2 Å². The van der Waals surface area contributed by atoms with Gasteiger partial charge in [-0.1, -0.05) is 24.3 Å². The van der Waals surface area contributed by atoms with Crippen LogP contribution in [0.5, 0.6) is 0 Å². The molecule has 0 aliphatic carbocycles. The molecule has 0 amide bonds. The zero-order valence-electron chi connectivity index (χ0n) is 13.6. The molecule has 0 N–H and O–H groups in total. The van der Waals surface area contributed by atoms with Crippen molar-refractivity contribution in [2.24, 2.45) is 0 Å². The summed E-state index contributed by atoms with van der Waals surface area (Å²) < 4.78 is 39.5. The maximum Gasteiger partial charge on any atom is 0.406 e. The first-order valence-corrected chi connectivity index (χ1v) is 8.39. The molecule has 2 nitrogen and oxygen atoms in total. The Balaban J connectivity index is 2.00. The molecule has 6 heteroatoms. The molecule has 1 aromatic carbocycles. The first-order chi connectivity index (χ1) is 11.3. The molecule has 0 aliphatic rings. The average molecular weight is 350 g/mol. The van der Waals surface area contributed by atoms with Crippen LogP contribution in [0.15, 0.2) is 35.7 Å². The number of hydrogen-bond donors (Lipinski definition) is 0. The number of aryl methyl sites for hydroxylation is 2. The highest BCUT2D eigenvalue weighted by molar-refractivity contribution is 7.13. The Morgan fingerprint density at radius 3 is 2.46 bits per heavy atom. The summed E-state index contributed by atoms with van der Waals surface area (Å²) >= 11 is 1.51. The largest absolute Gasteiger partial charge is 0.406 e. The van der Waals surface area contributed by atoms with E-state index in [0.717, 1.165) is 27.4 Å². The first kappa shape index (κ1) is 16.8. The van der Waals surface area contributed by atoms with Gasteiger partial charge in [0.05, 0.1) is 5.69 Å². The summed E-state index contributed by atoms with van der Waals surface area (Å²) in [6.07, 6.45) is -4.24. The fourth-order valence-electron chi connectivity index (χ4n) is 2.82. The zero-order valence-corrected chi connectivity index (χ0v) is 14.4. The van der Waals surface area contributed by atoms with Gasteiger partial charge >= 0.3 is 6.18 Å². The predicted molar refractivity (Wildman–Crippen MR) is 91.2 cm³/mol. The van der Waals surface area contributed by atoms with E-state index in [4.69, 9.17) is 0 Å². The van der Waals surface area contributed by atoms with Crippen LogP contribution < -0.4 is 0 Å². The highest BCUT2D eigenvalue weighted by atomic mass is 32.1. The predicted octanol–water partition coefficient (Wildman–Crippen LogP) is 5.77. The number of hydrogen-bond acceptors (Lipinski definition) is 2. The van der Waals surface area contributed by atoms with E-state index in [9.17, 15) is 13.2 Å². The molecule has 0 bridgehead atoms. The molecule has 2 heterocycles. The molecule has 0 spiro atoms. The van der Waals surface area contributed by atoms with Crippen LogP contribution in [0.25, 0.3) is 21.8 Å². The van der Waals surface area contributed by atoms with Gasteiger partial charge in [-0.25, -0.2) is 4.98 Å². The van der Waals surface area contributed by atoms with Crippen molar-refractivity contribution in [1.82, 2.24) is 9.55 Å². The zero-order chi connectivity index (χ0) is 17.5. The Morgan fingerprint density at radius 1 is 1.08 bits per heavy atom. The lowest BCUT2D eigenvalue weighted by atomic mass is 10.1. The third-order valence-corrected chi connectivity index (χ3v) is 4.94. The summed E-state index contributed by atoms with van der Waals surface area (Å²) in [6.45, 7) is 4.45. The van der Waals surface area contributed by atoms with E-state index in [-0.39, 0.29) is 0 Å².